The van der Waals surface area contributed by atoms with Gasteiger partial charge in [0.2, 0.25) is 0 Å². The number of nitrogens with one attached hydrogen (secondary N) is 1. The lowest BCUT2D eigenvalue weighted by atomic mass is 10.1. The predicted octanol–water partition coefficient (Wildman–Crippen LogP) is 2.75. The van der Waals surface area contributed by atoms with E-state index in [0.29, 0.717) is 6.04 Å². The van der Waals surface area contributed by atoms with E-state index in [0.717, 1.165) is 42.0 Å². The third kappa shape index (κ3) is 1.79. The Morgan fingerprint density at radius 1 is 1.59 bits per heavy atom. The van der Waals surface area contributed by atoms with Gasteiger partial charge in [0.1, 0.15) is 0 Å². The minimum atomic E-state index is 0.319. The first-order chi connectivity index (χ1) is 8.27. The molecule has 90 valence electrons. The third-order valence-electron chi connectivity index (χ3n) is 3.32. The van der Waals surface area contributed by atoms with Gasteiger partial charge < -0.3 is 9.72 Å². The maximum atomic E-state index is 5.53. The highest BCUT2D eigenvalue weighted by molar-refractivity contribution is 7.71. The molecule has 3 rings (SSSR count). The summed E-state index contributed by atoms with van der Waals surface area (Å²) in [6, 6.07) is 2.31. The Kier molecular flexibility index (Phi) is 2.72. The summed E-state index contributed by atoms with van der Waals surface area (Å²) in [7, 11) is 0. The van der Waals surface area contributed by atoms with Crippen LogP contribution in [0.1, 0.15) is 24.4 Å². The SMILES string of the molecule is Cc1ccnc2c1[nH]c(=S)n2C1CCCOC1. The maximum Gasteiger partial charge on any atom is 0.179 e. The Morgan fingerprint density at radius 2 is 2.47 bits per heavy atom. The normalized spacial score (nSPS) is 20.9. The van der Waals surface area contributed by atoms with Crippen LogP contribution < -0.4 is 0 Å². The van der Waals surface area contributed by atoms with E-state index < -0.39 is 0 Å². The molecule has 0 amide bonds. The monoisotopic (exact) mass is 249 g/mol. The van der Waals surface area contributed by atoms with Crippen molar-refractivity contribution in [3.05, 3.63) is 22.6 Å². The van der Waals surface area contributed by atoms with Gasteiger partial charge in [-0.3, -0.25) is 4.57 Å². The van der Waals surface area contributed by atoms with E-state index in [1.54, 1.807) is 0 Å². The maximum absolute atomic E-state index is 5.53. The van der Waals surface area contributed by atoms with Crippen LogP contribution in [-0.2, 0) is 4.74 Å². The number of aryl methyl sites for hydroxylation is 1. The highest BCUT2D eigenvalue weighted by Crippen LogP contribution is 2.25. The predicted molar refractivity (Wildman–Crippen MR) is 68.7 cm³/mol. The Hall–Kier alpha value is -1.20. The van der Waals surface area contributed by atoms with Gasteiger partial charge >= 0.3 is 0 Å². The van der Waals surface area contributed by atoms with Crippen molar-refractivity contribution in [2.24, 2.45) is 0 Å². The van der Waals surface area contributed by atoms with Gasteiger partial charge in [-0.15, -0.1) is 0 Å². The molecule has 0 aliphatic carbocycles. The minimum Gasteiger partial charge on any atom is -0.379 e. The number of ether oxygens (including phenoxy) is 1. The molecule has 1 fully saturated rings. The molecule has 1 saturated heterocycles. The molecular weight excluding hydrogens is 234 g/mol. The van der Waals surface area contributed by atoms with Gasteiger partial charge in [0.15, 0.2) is 10.4 Å². The first kappa shape index (κ1) is 10.9. The van der Waals surface area contributed by atoms with Crippen molar-refractivity contribution < 1.29 is 4.74 Å². The summed E-state index contributed by atoms with van der Waals surface area (Å²) >= 11 is 5.41. The summed E-state index contributed by atoms with van der Waals surface area (Å²) in [5.74, 6) is 0. The van der Waals surface area contributed by atoms with Crippen LogP contribution in [-0.4, -0.2) is 27.7 Å². The largest absolute Gasteiger partial charge is 0.379 e. The van der Waals surface area contributed by atoms with Crippen molar-refractivity contribution in [3.63, 3.8) is 0 Å². The summed E-state index contributed by atoms with van der Waals surface area (Å²) < 4.78 is 8.39. The fraction of sp³-hybridized carbons (Fsp3) is 0.500. The Balaban J connectivity index is 2.18. The average Bonchev–Trinajstić information content (AvgIpc) is 2.68. The summed E-state index contributed by atoms with van der Waals surface area (Å²) in [4.78, 5) is 7.70. The zero-order valence-corrected chi connectivity index (χ0v) is 10.6. The second-order valence-corrected chi connectivity index (χ2v) is 4.88. The Bertz CT molecular complexity index is 595. The molecule has 0 spiro atoms. The standard InChI is InChI=1S/C12H15N3OS/c1-8-4-5-13-11-10(8)14-12(17)15(11)9-3-2-6-16-7-9/h4-5,9H,2-3,6-7H2,1H3,(H,14,17). The van der Waals surface area contributed by atoms with Gasteiger partial charge in [0.25, 0.3) is 0 Å². The molecule has 0 bridgehead atoms. The van der Waals surface area contributed by atoms with Crippen molar-refractivity contribution >= 4 is 23.4 Å². The first-order valence-corrected chi connectivity index (χ1v) is 6.32. The number of fused-ring (bicyclic) bond motifs is 1. The third-order valence-corrected chi connectivity index (χ3v) is 3.62. The van der Waals surface area contributed by atoms with Crippen molar-refractivity contribution in [2.45, 2.75) is 25.8 Å². The molecule has 1 atom stereocenters. The molecule has 0 aromatic carbocycles. The first-order valence-electron chi connectivity index (χ1n) is 5.91. The van der Waals surface area contributed by atoms with Crippen molar-refractivity contribution in [1.29, 1.82) is 0 Å². The van der Waals surface area contributed by atoms with Crippen molar-refractivity contribution in [3.8, 4) is 0 Å². The topological polar surface area (TPSA) is 42.8 Å². The summed E-state index contributed by atoms with van der Waals surface area (Å²) in [6.07, 6.45) is 4.03. The molecule has 17 heavy (non-hydrogen) atoms. The lowest BCUT2D eigenvalue weighted by molar-refractivity contribution is 0.0599. The minimum absolute atomic E-state index is 0.319. The fourth-order valence-corrected chi connectivity index (χ4v) is 2.75. The molecule has 1 aliphatic rings. The molecule has 2 aromatic heterocycles. The number of hydrogen-bond acceptors (Lipinski definition) is 3. The van der Waals surface area contributed by atoms with E-state index in [1.807, 2.05) is 12.3 Å². The highest BCUT2D eigenvalue weighted by Gasteiger charge is 2.19. The van der Waals surface area contributed by atoms with Gasteiger partial charge in [-0.25, -0.2) is 4.98 Å². The average molecular weight is 249 g/mol. The van der Waals surface area contributed by atoms with Gasteiger partial charge in [-0.05, 0) is 43.6 Å². The molecular formula is C12H15N3OS. The van der Waals surface area contributed by atoms with Gasteiger partial charge in [0.05, 0.1) is 18.2 Å². The van der Waals surface area contributed by atoms with Crippen LogP contribution in [0, 0.1) is 11.7 Å². The number of pyridine rings is 1. The molecule has 5 heteroatoms. The highest BCUT2D eigenvalue weighted by atomic mass is 32.1. The molecule has 1 N–H and O–H groups in total. The summed E-state index contributed by atoms with van der Waals surface area (Å²) in [5, 5.41) is 0. The second-order valence-electron chi connectivity index (χ2n) is 4.50. The lowest BCUT2D eigenvalue weighted by Gasteiger charge is -2.23. The van der Waals surface area contributed by atoms with Gasteiger partial charge in [0, 0.05) is 12.8 Å². The van der Waals surface area contributed by atoms with Crippen LogP contribution in [0.5, 0.6) is 0 Å². The van der Waals surface area contributed by atoms with Gasteiger partial charge in [-0.2, -0.15) is 0 Å². The van der Waals surface area contributed by atoms with Crippen LogP contribution in [0.15, 0.2) is 12.3 Å². The quantitative estimate of drug-likeness (QED) is 0.790. The zero-order valence-electron chi connectivity index (χ0n) is 9.77. The number of imidazole rings is 1. The van der Waals surface area contributed by atoms with Crippen LogP contribution in [0.2, 0.25) is 0 Å². The molecule has 3 heterocycles. The van der Waals surface area contributed by atoms with E-state index in [4.69, 9.17) is 17.0 Å². The fourth-order valence-electron chi connectivity index (χ4n) is 2.41. The van der Waals surface area contributed by atoms with Crippen LogP contribution in [0.25, 0.3) is 11.2 Å². The molecule has 0 saturated carbocycles. The van der Waals surface area contributed by atoms with E-state index in [9.17, 15) is 0 Å². The number of rotatable bonds is 1. The molecule has 0 radical (unpaired) electrons. The molecule has 1 aliphatic heterocycles. The zero-order chi connectivity index (χ0) is 11.8. The second kappa shape index (κ2) is 4.23. The van der Waals surface area contributed by atoms with Crippen LogP contribution in [0.3, 0.4) is 0 Å². The number of nitrogens with zero attached hydrogens (tertiary/aromatic N) is 2. The number of aromatic nitrogens is 3. The Morgan fingerprint density at radius 3 is 3.24 bits per heavy atom. The summed E-state index contributed by atoms with van der Waals surface area (Å²) in [5.41, 5.74) is 3.17. The van der Waals surface area contributed by atoms with Crippen LogP contribution in [0.4, 0.5) is 0 Å². The number of H-pyrrole nitrogens is 1. The van der Waals surface area contributed by atoms with E-state index in [-0.39, 0.29) is 0 Å². The van der Waals surface area contributed by atoms with E-state index in [2.05, 4.69) is 21.5 Å². The smallest absolute Gasteiger partial charge is 0.179 e. The van der Waals surface area contributed by atoms with Crippen molar-refractivity contribution in [2.75, 3.05) is 13.2 Å². The van der Waals surface area contributed by atoms with Crippen molar-refractivity contribution in [1.82, 2.24) is 14.5 Å². The number of hydrogen-bond donors (Lipinski definition) is 1. The lowest BCUT2D eigenvalue weighted by Crippen LogP contribution is -2.21. The summed E-state index contributed by atoms with van der Waals surface area (Å²) in [6.45, 7) is 3.66. The molecule has 4 nitrogen and oxygen atoms in total. The van der Waals surface area contributed by atoms with Gasteiger partial charge in [-0.1, -0.05) is 0 Å². The molecule has 1 unspecified atom stereocenters. The van der Waals surface area contributed by atoms with Crippen LogP contribution >= 0.6 is 12.2 Å². The Labute approximate surface area is 105 Å². The van der Waals surface area contributed by atoms with E-state index in [1.165, 1.54) is 5.56 Å². The van der Waals surface area contributed by atoms with E-state index >= 15 is 0 Å². The molecule has 2 aromatic rings. The number of aromatic amines is 1.